The van der Waals surface area contributed by atoms with Crippen LogP contribution in [0.15, 0.2) is 0 Å². The molecule has 0 aromatic carbocycles. The fraction of sp³-hybridized carbons (Fsp3) is 0.889. The molecule has 1 atom stereocenters. The van der Waals surface area contributed by atoms with Gasteiger partial charge >= 0.3 is 12.1 Å². The van der Waals surface area contributed by atoms with Gasteiger partial charge in [-0.25, -0.2) is 0 Å². The van der Waals surface area contributed by atoms with Gasteiger partial charge in [0.1, 0.15) is 0 Å². The number of hydrogen-bond donors (Lipinski definition) is 0. The second kappa shape index (κ2) is 6.98. The number of carbonyl (C=O) groups is 1. The summed E-state index contributed by atoms with van der Waals surface area (Å²) in [4.78, 5) is 11.1. The molecule has 0 aromatic rings. The fourth-order valence-corrected chi connectivity index (χ4v) is 1.73. The van der Waals surface area contributed by atoms with Gasteiger partial charge in [0.2, 0.25) is 0 Å². The number of halogens is 3. The quantitative estimate of drug-likeness (QED) is 0.530. The zero-order chi connectivity index (χ0) is 11.9. The Hall–Kier alpha value is -0.390. The maximum atomic E-state index is 11.8. The normalized spacial score (nSPS) is 13.7. The molecule has 0 spiro atoms. The zero-order valence-corrected chi connectivity index (χ0v) is 9.58. The van der Waals surface area contributed by atoms with Crippen molar-refractivity contribution in [1.29, 1.82) is 0 Å². The fourth-order valence-electron chi connectivity index (χ4n) is 0.860. The lowest BCUT2D eigenvalue weighted by Crippen LogP contribution is -2.17. The highest BCUT2D eigenvalue weighted by atomic mass is 32.2. The molecule has 0 heterocycles. The van der Waals surface area contributed by atoms with Gasteiger partial charge in [-0.1, -0.05) is 0 Å². The summed E-state index contributed by atoms with van der Waals surface area (Å²) in [5, 5.41) is -0.391. The summed E-state index contributed by atoms with van der Waals surface area (Å²) in [7, 11) is 0. The Bertz CT molecular complexity index is 194. The summed E-state index contributed by atoms with van der Waals surface area (Å²) < 4.78 is 40.0. The molecule has 0 saturated heterocycles. The summed E-state index contributed by atoms with van der Waals surface area (Å²) in [5.41, 5.74) is 0. The van der Waals surface area contributed by atoms with Crippen LogP contribution >= 0.6 is 11.8 Å². The van der Waals surface area contributed by atoms with Crippen LogP contribution in [0.2, 0.25) is 0 Å². The van der Waals surface area contributed by atoms with Crippen LogP contribution in [0, 0.1) is 0 Å². The first kappa shape index (κ1) is 14.6. The van der Waals surface area contributed by atoms with Gasteiger partial charge < -0.3 is 4.74 Å². The topological polar surface area (TPSA) is 26.3 Å². The Morgan fingerprint density at radius 2 is 2.07 bits per heavy atom. The third-order valence-corrected chi connectivity index (χ3v) is 2.81. The minimum atomic E-state index is -4.10. The van der Waals surface area contributed by atoms with E-state index in [4.69, 9.17) is 4.74 Å². The first-order valence-electron chi connectivity index (χ1n) is 4.71. The maximum Gasteiger partial charge on any atom is 0.389 e. The van der Waals surface area contributed by atoms with Crippen molar-refractivity contribution in [2.75, 3.05) is 12.4 Å². The molecule has 0 N–H and O–H groups in total. The number of carbonyl (C=O) groups excluding carboxylic acids is 1. The van der Waals surface area contributed by atoms with Crippen LogP contribution in [0.3, 0.4) is 0 Å². The van der Waals surface area contributed by atoms with Gasteiger partial charge in [-0.05, 0) is 26.0 Å². The SMILES string of the molecule is CCOC(=O)C(C)SCCCC(F)(F)F. The maximum absolute atomic E-state index is 11.8. The van der Waals surface area contributed by atoms with Crippen molar-refractivity contribution < 1.29 is 22.7 Å². The van der Waals surface area contributed by atoms with E-state index in [2.05, 4.69) is 0 Å². The average molecular weight is 244 g/mol. The van der Waals surface area contributed by atoms with Crippen LogP contribution in [0.5, 0.6) is 0 Å². The number of alkyl halides is 3. The highest BCUT2D eigenvalue weighted by molar-refractivity contribution is 8.00. The summed E-state index contributed by atoms with van der Waals surface area (Å²) >= 11 is 1.19. The molecule has 0 radical (unpaired) electrons. The Morgan fingerprint density at radius 3 is 2.53 bits per heavy atom. The minimum Gasteiger partial charge on any atom is -0.465 e. The van der Waals surface area contributed by atoms with E-state index in [0.29, 0.717) is 12.4 Å². The van der Waals surface area contributed by atoms with Gasteiger partial charge in [0.25, 0.3) is 0 Å². The Balaban J connectivity index is 3.55. The van der Waals surface area contributed by atoms with E-state index in [1.54, 1.807) is 13.8 Å². The second-order valence-corrected chi connectivity index (χ2v) is 4.43. The number of thioether (sulfide) groups is 1. The summed E-state index contributed by atoms with van der Waals surface area (Å²) in [6, 6.07) is 0. The number of esters is 1. The zero-order valence-electron chi connectivity index (χ0n) is 8.76. The van der Waals surface area contributed by atoms with Crippen molar-refractivity contribution in [2.24, 2.45) is 0 Å². The van der Waals surface area contributed by atoms with E-state index in [1.165, 1.54) is 11.8 Å². The van der Waals surface area contributed by atoms with Gasteiger partial charge in [0.15, 0.2) is 0 Å². The van der Waals surface area contributed by atoms with Crippen molar-refractivity contribution in [3.05, 3.63) is 0 Å². The van der Waals surface area contributed by atoms with Crippen LogP contribution in [0.25, 0.3) is 0 Å². The molecule has 0 fully saturated rings. The molecule has 0 aromatic heterocycles. The monoisotopic (exact) mass is 244 g/mol. The molecule has 0 aliphatic rings. The van der Waals surface area contributed by atoms with Crippen LogP contribution in [-0.4, -0.2) is 29.8 Å². The van der Waals surface area contributed by atoms with Crippen molar-refractivity contribution >= 4 is 17.7 Å². The number of rotatable bonds is 6. The van der Waals surface area contributed by atoms with Crippen molar-refractivity contribution in [3.63, 3.8) is 0 Å². The number of hydrogen-bond acceptors (Lipinski definition) is 3. The molecule has 0 aliphatic heterocycles. The van der Waals surface area contributed by atoms with E-state index < -0.39 is 17.8 Å². The first-order valence-corrected chi connectivity index (χ1v) is 5.76. The molecular weight excluding hydrogens is 229 g/mol. The standard InChI is InChI=1S/C9H15F3O2S/c1-3-14-8(13)7(2)15-6-4-5-9(10,11)12/h7H,3-6H2,1-2H3. The predicted octanol–water partition coefficient (Wildman–Crippen LogP) is 3.01. The Morgan fingerprint density at radius 1 is 1.47 bits per heavy atom. The van der Waals surface area contributed by atoms with Crippen LogP contribution in [0.1, 0.15) is 26.7 Å². The molecule has 0 amide bonds. The lowest BCUT2D eigenvalue weighted by atomic mass is 10.3. The molecule has 90 valence electrons. The van der Waals surface area contributed by atoms with Crippen molar-refractivity contribution in [2.45, 2.75) is 38.1 Å². The predicted molar refractivity (Wildman–Crippen MR) is 53.8 cm³/mol. The van der Waals surface area contributed by atoms with Gasteiger partial charge in [0.05, 0.1) is 11.9 Å². The van der Waals surface area contributed by atoms with Crippen molar-refractivity contribution in [1.82, 2.24) is 0 Å². The molecule has 6 heteroatoms. The van der Waals surface area contributed by atoms with E-state index in [-0.39, 0.29) is 12.4 Å². The van der Waals surface area contributed by atoms with Crippen LogP contribution in [-0.2, 0) is 9.53 Å². The largest absolute Gasteiger partial charge is 0.465 e. The van der Waals surface area contributed by atoms with E-state index in [0.717, 1.165) is 0 Å². The van der Waals surface area contributed by atoms with Crippen molar-refractivity contribution in [3.8, 4) is 0 Å². The average Bonchev–Trinajstić information content (AvgIpc) is 2.11. The first-order chi connectivity index (χ1) is 6.87. The van der Waals surface area contributed by atoms with Gasteiger partial charge in [-0.15, -0.1) is 11.8 Å². The number of ether oxygens (including phenoxy) is 1. The molecule has 1 unspecified atom stereocenters. The summed E-state index contributed by atoms with van der Waals surface area (Å²) in [6.45, 7) is 3.63. The molecule has 0 bridgehead atoms. The molecule has 0 saturated carbocycles. The highest BCUT2D eigenvalue weighted by Gasteiger charge is 2.26. The van der Waals surface area contributed by atoms with Crippen LogP contribution in [0.4, 0.5) is 13.2 Å². The van der Waals surface area contributed by atoms with Gasteiger partial charge in [0, 0.05) is 6.42 Å². The molecule has 2 nitrogen and oxygen atoms in total. The lowest BCUT2D eigenvalue weighted by molar-refractivity contribution is -0.142. The highest BCUT2D eigenvalue weighted by Crippen LogP contribution is 2.23. The van der Waals surface area contributed by atoms with E-state index >= 15 is 0 Å². The Kier molecular flexibility index (Phi) is 6.80. The lowest BCUT2D eigenvalue weighted by Gasteiger charge is -2.10. The van der Waals surface area contributed by atoms with E-state index in [1.807, 2.05) is 0 Å². The molecule has 15 heavy (non-hydrogen) atoms. The molecule has 0 aliphatic carbocycles. The van der Waals surface area contributed by atoms with Gasteiger partial charge in [-0.2, -0.15) is 13.2 Å². The van der Waals surface area contributed by atoms with Gasteiger partial charge in [-0.3, -0.25) is 4.79 Å². The van der Waals surface area contributed by atoms with Crippen LogP contribution < -0.4 is 0 Å². The molecular formula is C9H15F3O2S. The second-order valence-electron chi connectivity index (χ2n) is 2.98. The minimum absolute atomic E-state index is 0.0396. The smallest absolute Gasteiger partial charge is 0.389 e. The summed E-state index contributed by atoms with van der Waals surface area (Å²) in [5.74, 6) is -0.0473. The van der Waals surface area contributed by atoms with E-state index in [9.17, 15) is 18.0 Å². The third-order valence-electron chi connectivity index (χ3n) is 1.59. The summed E-state index contributed by atoms with van der Waals surface area (Å²) in [6.07, 6.45) is -4.86. The Labute approximate surface area is 91.6 Å². The molecule has 0 rings (SSSR count). The third kappa shape index (κ3) is 8.59.